The van der Waals surface area contributed by atoms with Gasteiger partial charge in [0.05, 0.1) is 5.92 Å². The number of aromatic nitrogens is 3. The van der Waals surface area contributed by atoms with E-state index in [1.54, 1.807) is 0 Å². The zero-order valence-corrected chi connectivity index (χ0v) is 10.4. The van der Waals surface area contributed by atoms with Crippen LogP contribution in [0.3, 0.4) is 0 Å². The largest absolute Gasteiger partial charge is 0.481 e. The molecule has 0 spiro atoms. The molecule has 2 N–H and O–H groups in total. The number of aromatic amines is 1. The van der Waals surface area contributed by atoms with E-state index in [-0.39, 0.29) is 11.8 Å². The summed E-state index contributed by atoms with van der Waals surface area (Å²) >= 11 is 0. The van der Waals surface area contributed by atoms with Crippen LogP contribution in [0.1, 0.15) is 31.0 Å². The van der Waals surface area contributed by atoms with E-state index in [0.29, 0.717) is 11.6 Å². The van der Waals surface area contributed by atoms with Crippen molar-refractivity contribution in [2.45, 2.75) is 25.2 Å². The van der Waals surface area contributed by atoms with Crippen LogP contribution in [-0.2, 0) is 4.79 Å². The second-order valence-corrected chi connectivity index (χ2v) is 4.89. The van der Waals surface area contributed by atoms with Crippen LogP contribution in [0.5, 0.6) is 0 Å². The molecule has 1 fully saturated rings. The molecule has 0 saturated heterocycles. The molecule has 2 aromatic rings. The van der Waals surface area contributed by atoms with Crippen molar-refractivity contribution in [2.75, 3.05) is 0 Å². The van der Waals surface area contributed by atoms with Gasteiger partial charge in [-0.25, -0.2) is 4.98 Å². The quantitative estimate of drug-likeness (QED) is 0.885. The van der Waals surface area contributed by atoms with E-state index in [1.165, 1.54) is 0 Å². The van der Waals surface area contributed by atoms with Gasteiger partial charge in [0.25, 0.3) is 0 Å². The van der Waals surface area contributed by atoms with Crippen molar-refractivity contribution in [3.8, 4) is 11.4 Å². The van der Waals surface area contributed by atoms with E-state index < -0.39 is 5.97 Å². The van der Waals surface area contributed by atoms with Crippen molar-refractivity contribution in [3.05, 3.63) is 36.2 Å². The molecule has 0 amide bonds. The summed E-state index contributed by atoms with van der Waals surface area (Å²) in [6.45, 7) is 0. The lowest BCUT2D eigenvalue weighted by atomic mass is 9.96. The van der Waals surface area contributed by atoms with Gasteiger partial charge in [-0.1, -0.05) is 36.8 Å². The predicted octanol–water partition coefficient (Wildman–Crippen LogP) is 2.44. The first-order valence-electron chi connectivity index (χ1n) is 6.46. The molecule has 3 rings (SSSR count). The van der Waals surface area contributed by atoms with Crippen molar-refractivity contribution in [2.24, 2.45) is 5.92 Å². The number of hydrogen-bond acceptors (Lipinski definition) is 3. The number of nitrogens with one attached hydrogen (secondary N) is 1. The third-order valence-electron chi connectivity index (χ3n) is 3.72. The number of carboxylic acids is 1. The number of benzene rings is 1. The van der Waals surface area contributed by atoms with Crippen LogP contribution in [0.4, 0.5) is 0 Å². The second-order valence-electron chi connectivity index (χ2n) is 4.89. The summed E-state index contributed by atoms with van der Waals surface area (Å²) in [7, 11) is 0. The Balaban J connectivity index is 1.87. The van der Waals surface area contributed by atoms with Crippen LogP contribution < -0.4 is 0 Å². The number of nitrogens with zero attached hydrogens (tertiary/aromatic N) is 2. The van der Waals surface area contributed by atoms with Gasteiger partial charge in [0.15, 0.2) is 5.82 Å². The van der Waals surface area contributed by atoms with Crippen LogP contribution in [0.2, 0.25) is 0 Å². The maximum Gasteiger partial charge on any atom is 0.307 e. The van der Waals surface area contributed by atoms with Crippen molar-refractivity contribution in [3.63, 3.8) is 0 Å². The van der Waals surface area contributed by atoms with Crippen molar-refractivity contribution < 1.29 is 9.90 Å². The second kappa shape index (κ2) is 4.84. The molecule has 1 saturated carbocycles. The van der Waals surface area contributed by atoms with Crippen molar-refractivity contribution in [1.29, 1.82) is 0 Å². The van der Waals surface area contributed by atoms with Gasteiger partial charge >= 0.3 is 5.97 Å². The van der Waals surface area contributed by atoms with Crippen LogP contribution in [0.25, 0.3) is 11.4 Å². The molecule has 98 valence electrons. The highest BCUT2D eigenvalue weighted by Crippen LogP contribution is 2.38. The van der Waals surface area contributed by atoms with Gasteiger partial charge < -0.3 is 5.11 Å². The maximum absolute atomic E-state index is 11.2. The lowest BCUT2D eigenvalue weighted by Crippen LogP contribution is -2.17. The standard InChI is InChI=1S/C14H15N3O2/c18-14(19)11-8-4-7-10(11)13-15-12(16-17-13)9-5-2-1-3-6-9/h1-3,5-6,10-11H,4,7-8H2,(H,18,19)(H,15,16,17). The number of aliphatic carboxylic acids is 1. The maximum atomic E-state index is 11.2. The van der Waals surface area contributed by atoms with Crippen molar-refractivity contribution in [1.82, 2.24) is 15.2 Å². The molecule has 0 aliphatic heterocycles. The number of hydrogen-bond donors (Lipinski definition) is 2. The SMILES string of the molecule is O=C(O)C1CCCC1c1nc(-c2ccccc2)n[nH]1. The number of H-pyrrole nitrogens is 1. The van der Waals surface area contributed by atoms with Gasteiger partial charge in [0.2, 0.25) is 0 Å². The Morgan fingerprint density at radius 2 is 2.05 bits per heavy atom. The van der Waals surface area contributed by atoms with Crippen LogP contribution in [-0.4, -0.2) is 26.3 Å². The molecule has 1 heterocycles. The predicted molar refractivity (Wildman–Crippen MR) is 69.5 cm³/mol. The summed E-state index contributed by atoms with van der Waals surface area (Å²) in [5.41, 5.74) is 0.940. The Bertz CT molecular complexity index is 579. The lowest BCUT2D eigenvalue weighted by Gasteiger charge is -2.11. The van der Waals surface area contributed by atoms with E-state index >= 15 is 0 Å². The monoisotopic (exact) mass is 257 g/mol. The molecule has 2 unspecified atom stereocenters. The highest BCUT2D eigenvalue weighted by Gasteiger charge is 2.36. The highest BCUT2D eigenvalue weighted by molar-refractivity contribution is 5.71. The molecule has 0 radical (unpaired) electrons. The number of carboxylic acid groups (broad SMARTS) is 1. The Labute approximate surface area is 110 Å². The Kier molecular flexibility index (Phi) is 3.03. The topological polar surface area (TPSA) is 78.9 Å². The molecule has 2 atom stereocenters. The van der Waals surface area contributed by atoms with Gasteiger partial charge in [-0.05, 0) is 12.8 Å². The summed E-state index contributed by atoms with van der Waals surface area (Å²) < 4.78 is 0. The molecule has 1 aromatic carbocycles. The minimum Gasteiger partial charge on any atom is -0.481 e. The Morgan fingerprint density at radius 1 is 1.26 bits per heavy atom. The molecular formula is C14H15N3O2. The molecule has 5 nitrogen and oxygen atoms in total. The van der Waals surface area contributed by atoms with E-state index in [0.717, 1.165) is 24.8 Å². The fourth-order valence-electron chi connectivity index (χ4n) is 2.74. The third-order valence-corrected chi connectivity index (χ3v) is 3.72. The van der Waals surface area contributed by atoms with Gasteiger partial charge in [0.1, 0.15) is 5.82 Å². The highest BCUT2D eigenvalue weighted by atomic mass is 16.4. The first kappa shape index (κ1) is 11.9. The van der Waals surface area contributed by atoms with Crippen molar-refractivity contribution >= 4 is 5.97 Å². The summed E-state index contributed by atoms with van der Waals surface area (Å²) in [5, 5.41) is 16.3. The molecule has 1 aromatic heterocycles. The molecular weight excluding hydrogens is 242 g/mol. The minimum absolute atomic E-state index is 0.0394. The molecule has 5 heteroatoms. The summed E-state index contributed by atoms with van der Waals surface area (Å²) in [6, 6.07) is 9.68. The average molecular weight is 257 g/mol. The summed E-state index contributed by atoms with van der Waals surface area (Å²) in [4.78, 5) is 15.7. The molecule has 19 heavy (non-hydrogen) atoms. The van der Waals surface area contributed by atoms with Crippen LogP contribution in [0, 0.1) is 5.92 Å². The first-order chi connectivity index (χ1) is 9.25. The Morgan fingerprint density at radius 3 is 2.79 bits per heavy atom. The molecule has 1 aliphatic carbocycles. The summed E-state index contributed by atoms with van der Waals surface area (Å²) in [5.74, 6) is 0.217. The minimum atomic E-state index is -0.736. The van der Waals surface area contributed by atoms with E-state index in [2.05, 4.69) is 15.2 Å². The van der Waals surface area contributed by atoms with Crippen LogP contribution >= 0.6 is 0 Å². The van der Waals surface area contributed by atoms with Gasteiger partial charge in [0, 0.05) is 11.5 Å². The lowest BCUT2D eigenvalue weighted by molar-refractivity contribution is -0.142. The third kappa shape index (κ3) is 2.23. The fraction of sp³-hybridized carbons (Fsp3) is 0.357. The zero-order chi connectivity index (χ0) is 13.2. The smallest absolute Gasteiger partial charge is 0.307 e. The number of rotatable bonds is 3. The number of carbonyl (C=O) groups is 1. The average Bonchev–Trinajstić information content (AvgIpc) is 3.08. The first-order valence-corrected chi connectivity index (χ1v) is 6.46. The van der Waals surface area contributed by atoms with E-state index in [1.807, 2.05) is 30.3 Å². The Hall–Kier alpha value is -2.17. The molecule has 1 aliphatic rings. The molecule has 0 bridgehead atoms. The van der Waals surface area contributed by atoms with Gasteiger partial charge in [-0.3, -0.25) is 9.89 Å². The van der Waals surface area contributed by atoms with E-state index in [9.17, 15) is 9.90 Å². The van der Waals surface area contributed by atoms with Gasteiger partial charge in [-0.2, -0.15) is 5.10 Å². The normalized spacial score (nSPS) is 22.5. The van der Waals surface area contributed by atoms with Crippen LogP contribution in [0.15, 0.2) is 30.3 Å². The van der Waals surface area contributed by atoms with E-state index in [4.69, 9.17) is 0 Å². The van der Waals surface area contributed by atoms with Gasteiger partial charge in [-0.15, -0.1) is 0 Å². The fourth-order valence-corrected chi connectivity index (χ4v) is 2.74. The summed E-state index contributed by atoms with van der Waals surface area (Å²) in [6.07, 6.45) is 2.52. The zero-order valence-electron chi connectivity index (χ0n) is 10.4.